The lowest BCUT2D eigenvalue weighted by Crippen LogP contribution is -2.25. The molecule has 2 nitrogen and oxygen atoms in total. The first-order valence-corrected chi connectivity index (χ1v) is 5.79. The van der Waals surface area contributed by atoms with Gasteiger partial charge in [0.25, 0.3) is 0 Å². The van der Waals surface area contributed by atoms with Crippen LogP contribution in [0.5, 0.6) is 0 Å². The van der Waals surface area contributed by atoms with Gasteiger partial charge >= 0.3 is 0 Å². The second kappa shape index (κ2) is 6.84. The molecule has 2 N–H and O–H groups in total. The van der Waals surface area contributed by atoms with E-state index in [0.29, 0.717) is 17.6 Å². The molecule has 1 atom stereocenters. The second-order valence-corrected chi connectivity index (χ2v) is 4.29. The third kappa shape index (κ3) is 4.47. The Labute approximate surface area is 100 Å². The Bertz CT molecular complexity index is 333. The quantitative estimate of drug-likeness (QED) is 0.808. The lowest BCUT2D eigenvalue weighted by Gasteiger charge is -2.13. The number of nitrogens with one attached hydrogen (secondary N) is 1. The number of aliphatic hydroxyl groups excluding tert-OH is 1. The monoisotopic (exact) mass is 245 g/mol. The zero-order valence-electron chi connectivity index (χ0n) is 9.34. The average Bonchev–Trinajstić information content (AvgIpc) is 2.25. The van der Waals surface area contributed by atoms with Gasteiger partial charge in [0.2, 0.25) is 0 Å². The summed E-state index contributed by atoms with van der Waals surface area (Å²) in [5, 5.41) is 12.4. The normalized spacial score (nSPS) is 12.8. The molecular weight excluding hydrogens is 229 g/mol. The van der Waals surface area contributed by atoms with Crippen LogP contribution in [0.3, 0.4) is 0 Å². The zero-order chi connectivity index (χ0) is 12.0. The van der Waals surface area contributed by atoms with Gasteiger partial charge in [0.05, 0.1) is 0 Å². The standard InChI is InChI=1S/C12H17ClFNO/c1-9(3-2-6-16)15-8-10-4-5-11(14)7-12(10)13/h4-5,7,9,15-16H,2-3,6,8H2,1H3. The first-order valence-electron chi connectivity index (χ1n) is 5.41. The molecule has 0 spiro atoms. The minimum atomic E-state index is -0.318. The molecule has 0 aromatic heterocycles. The van der Waals surface area contributed by atoms with E-state index < -0.39 is 0 Å². The molecule has 0 aliphatic rings. The highest BCUT2D eigenvalue weighted by atomic mass is 35.5. The van der Waals surface area contributed by atoms with Crippen LogP contribution in [0.1, 0.15) is 25.3 Å². The summed E-state index contributed by atoms with van der Waals surface area (Å²) >= 11 is 5.90. The summed E-state index contributed by atoms with van der Waals surface area (Å²) in [7, 11) is 0. The molecule has 1 rings (SSSR count). The molecule has 4 heteroatoms. The number of hydrogen-bond acceptors (Lipinski definition) is 2. The predicted octanol–water partition coefficient (Wildman–Crippen LogP) is 2.73. The van der Waals surface area contributed by atoms with Gasteiger partial charge in [-0.25, -0.2) is 4.39 Å². The van der Waals surface area contributed by atoms with Gasteiger partial charge in [-0.1, -0.05) is 17.7 Å². The van der Waals surface area contributed by atoms with Crippen molar-refractivity contribution in [3.05, 3.63) is 34.6 Å². The molecular formula is C12H17ClFNO. The van der Waals surface area contributed by atoms with E-state index in [2.05, 4.69) is 5.32 Å². The van der Waals surface area contributed by atoms with Crippen LogP contribution in [0, 0.1) is 5.82 Å². The molecule has 0 saturated heterocycles. The van der Waals surface area contributed by atoms with E-state index in [1.54, 1.807) is 6.07 Å². The maximum absolute atomic E-state index is 12.8. The summed E-state index contributed by atoms with van der Waals surface area (Å²) in [4.78, 5) is 0. The smallest absolute Gasteiger partial charge is 0.124 e. The Morgan fingerprint density at radius 2 is 2.25 bits per heavy atom. The molecule has 0 aliphatic heterocycles. The van der Waals surface area contributed by atoms with E-state index in [4.69, 9.17) is 16.7 Å². The Morgan fingerprint density at radius 3 is 2.88 bits per heavy atom. The Hall–Kier alpha value is -0.640. The Morgan fingerprint density at radius 1 is 1.50 bits per heavy atom. The van der Waals surface area contributed by atoms with E-state index in [0.717, 1.165) is 18.4 Å². The van der Waals surface area contributed by atoms with Crippen LogP contribution in [0.25, 0.3) is 0 Å². The van der Waals surface area contributed by atoms with Gasteiger partial charge in [-0.05, 0) is 37.5 Å². The molecule has 0 heterocycles. The van der Waals surface area contributed by atoms with E-state index >= 15 is 0 Å². The third-order valence-corrected chi connectivity index (χ3v) is 2.80. The van der Waals surface area contributed by atoms with Gasteiger partial charge in [-0.3, -0.25) is 0 Å². The van der Waals surface area contributed by atoms with Crippen molar-refractivity contribution in [3.63, 3.8) is 0 Å². The van der Waals surface area contributed by atoms with Crippen LogP contribution in [0.15, 0.2) is 18.2 Å². The molecule has 0 amide bonds. The maximum atomic E-state index is 12.8. The van der Waals surface area contributed by atoms with Gasteiger partial charge in [0, 0.05) is 24.2 Å². The summed E-state index contributed by atoms with van der Waals surface area (Å²) < 4.78 is 12.8. The van der Waals surface area contributed by atoms with Gasteiger partial charge in [-0.15, -0.1) is 0 Å². The minimum Gasteiger partial charge on any atom is -0.396 e. The largest absolute Gasteiger partial charge is 0.396 e. The van der Waals surface area contributed by atoms with Crippen LogP contribution in [0.2, 0.25) is 5.02 Å². The lowest BCUT2D eigenvalue weighted by molar-refractivity contribution is 0.276. The minimum absolute atomic E-state index is 0.212. The molecule has 0 saturated carbocycles. The highest BCUT2D eigenvalue weighted by Gasteiger charge is 2.04. The SMILES string of the molecule is CC(CCCO)NCc1ccc(F)cc1Cl. The zero-order valence-corrected chi connectivity index (χ0v) is 10.1. The van der Waals surface area contributed by atoms with E-state index in [1.165, 1.54) is 12.1 Å². The second-order valence-electron chi connectivity index (χ2n) is 3.88. The van der Waals surface area contributed by atoms with Gasteiger partial charge < -0.3 is 10.4 Å². The van der Waals surface area contributed by atoms with Crippen LogP contribution >= 0.6 is 11.6 Å². The Kier molecular flexibility index (Phi) is 5.74. The summed E-state index contributed by atoms with van der Waals surface area (Å²) in [6, 6.07) is 4.72. The van der Waals surface area contributed by atoms with Crippen molar-refractivity contribution >= 4 is 11.6 Å². The van der Waals surface area contributed by atoms with Crippen molar-refractivity contribution in [2.75, 3.05) is 6.61 Å². The topological polar surface area (TPSA) is 32.3 Å². The fourth-order valence-corrected chi connectivity index (χ4v) is 1.68. The number of rotatable bonds is 6. The summed E-state index contributed by atoms with van der Waals surface area (Å²) in [6.45, 7) is 2.88. The first kappa shape index (κ1) is 13.4. The Balaban J connectivity index is 2.42. The number of aliphatic hydroxyl groups is 1. The predicted molar refractivity (Wildman–Crippen MR) is 64.0 cm³/mol. The number of halogens is 2. The summed E-state index contributed by atoms with van der Waals surface area (Å²) in [6.07, 6.45) is 1.70. The molecule has 1 aromatic carbocycles. The van der Waals surface area contributed by atoms with Gasteiger partial charge in [-0.2, -0.15) is 0 Å². The maximum Gasteiger partial charge on any atom is 0.124 e. The first-order chi connectivity index (χ1) is 7.63. The molecule has 1 unspecified atom stereocenters. The molecule has 0 fully saturated rings. The van der Waals surface area contributed by atoms with E-state index in [1.807, 2.05) is 6.92 Å². The van der Waals surface area contributed by atoms with Gasteiger partial charge in [0.15, 0.2) is 0 Å². The molecule has 90 valence electrons. The molecule has 0 bridgehead atoms. The van der Waals surface area contributed by atoms with Crippen molar-refractivity contribution in [2.24, 2.45) is 0 Å². The van der Waals surface area contributed by atoms with Crippen LogP contribution in [-0.2, 0) is 6.54 Å². The van der Waals surface area contributed by atoms with Gasteiger partial charge in [0.1, 0.15) is 5.82 Å². The van der Waals surface area contributed by atoms with Crippen molar-refractivity contribution in [2.45, 2.75) is 32.4 Å². The van der Waals surface area contributed by atoms with Crippen LogP contribution in [0.4, 0.5) is 4.39 Å². The fraction of sp³-hybridized carbons (Fsp3) is 0.500. The van der Waals surface area contributed by atoms with Crippen molar-refractivity contribution < 1.29 is 9.50 Å². The number of hydrogen-bond donors (Lipinski definition) is 2. The molecule has 0 aliphatic carbocycles. The fourth-order valence-electron chi connectivity index (χ4n) is 1.45. The van der Waals surface area contributed by atoms with Crippen LogP contribution < -0.4 is 5.32 Å². The lowest BCUT2D eigenvalue weighted by atomic mass is 10.1. The highest BCUT2D eigenvalue weighted by molar-refractivity contribution is 6.31. The average molecular weight is 246 g/mol. The summed E-state index contributed by atoms with van der Waals surface area (Å²) in [5.74, 6) is -0.318. The molecule has 16 heavy (non-hydrogen) atoms. The van der Waals surface area contributed by atoms with Crippen molar-refractivity contribution in [1.82, 2.24) is 5.32 Å². The van der Waals surface area contributed by atoms with Crippen molar-refractivity contribution in [3.8, 4) is 0 Å². The molecule has 1 aromatic rings. The summed E-state index contributed by atoms with van der Waals surface area (Å²) in [5.41, 5.74) is 0.888. The third-order valence-electron chi connectivity index (χ3n) is 2.45. The highest BCUT2D eigenvalue weighted by Crippen LogP contribution is 2.17. The van der Waals surface area contributed by atoms with Crippen LogP contribution in [-0.4, -0.2) is 17.8 Å². The number of benzene rings is 1. The molecule has 0 radical (unpaired) electrons. The van der Waals surface area contributed by atoms with E-state index in [-0.39, 0.29) is 12.4 Å². The van der Waals surface area contributed by atoms with E-state index in [9.17, 15) is 4.39 Å². The van der Waals surface area contributed by atoms with Crippen molar-refractivity contribution in [1.29, 1.82) is 0 Å².